The normalized spacial score (nSPS) is 13.1. The van der Waals surface area contributed by atoms with E-state index in [4.69, 9.17) is 9.47 Å². The number of carbonyl (C=O) groups is 2. The molecule has 0 aliphatic heterocycles. The molecule has 0 aliphatic carbocycles. The predicted molar refractivity (Wildman–Crippen MR) is 238 cm³/mol. The Kier molecular flexibility index (Phi) is 41.2. The third-order valence-electron chi connectivity index (χ3n) is 10.8. The van der Waals surface area contributed by atoms with Crippen molar-refractivity contribution in [3.05, 3.63) is 71.8 Å². The standard InChI is InChI=1S/2C25H42O4.Ba/c2*1-2-3-4-5-6-7-13-18-24(29-21-22-15-10-8-11-16-22)20-23(26)17-12-9-14-19-25(27)28;/h2*8,10-11,15-16,23-24,26H,2-7,9,12-14,17-21H2,1H3,(H,27,28);/q;;+2/p-2. The molecule has 2 aromatic carbocycles. The number of aliphatic carboxylic acids is 2. The van der Waals surface area contributed by atoms with Gasteiger partial charge in [0, 0.05) is 11.9 Å². The second kappa shape index (κ2) is 42.1. The fraction of sp³-hybridized carbons (Fsp3) is 0.720. The van der Waals surface area contributed by atoms with Gasteiger partial charge >= 0.3 is 48.9 Å². The molecule has 0 aromatic heterocycles. The van der Waals surface area contributed by atoms with Crippen LogP contribution in [0.2, 0.25) is 0 Å². The molecule has 4 atom stereocenters. The summed E-state index contributed by atoms with van der Waals surface area (Å²) in [5.74, 6) is -1.98. The molecule has 0 spiro atoms. The van der Waals surface area contributed by atoms with Crippen molar-refractivity contribution >= 4 is 60.8 Å². The van der Waals surface area contributed by atoms with Crippen LogP contribution in [0, 0.1) is 0 Å². The van der Waals surface area contributed by atoms with Gasteiger partial charge in [0.25, 0.3) is 0 Å². The zero-order chi connectivity index (χ0) is 42.3. The van der Waals surface area contributed by atoms with Gasteiger partial charge in [-0.05, 0) is 75.3 Å². The van der Waals surface area contributed by atoms with E-state index in [9.17, 15) is 30.0 Å². The fourth-order valence-corrected chi connectivity index (χ4v) is 7.27. The first kappa shape index (κ1) is 57.8. The zero-order valence-corrected chi connectivity index (χ0v) is 41.8. The number of hydrogen-bond acceptors (Lipinski definition) is 8. The molecule has 9 heteroatoms. The number of aliphatic hydroxyl groups excluding tert-OH is 2. The second-order valence-electron chi connectivity index (χ2n) is 16.4. The number of rotatable bonds is 38. The van der Waals surface area contributed by atoms with Gasteiger partial charge in [-0.25, -0.2) is 0 Å². The number of carbonyl (C=O) groups excluding carboxylic acids is 2. The molecule has 0 amide bonds. The summed E-state index contributed by atoms with van der Waals surface area (Å²) in [5, 5.41) is 41.7. The van der Waals surface area contributed by atoms with E-state index in [0.29, 0.717) is 51.7 Å². The van der Waals surface area contributed by atoms with Crippen molar-refractivity contribution in [2.45, 2.75) is 231 Å². The minimum Gasteiger partial charge on any atom is -0.550 e. The van der Waals surface area contributed by atoms with Gasteiger partial charge in [-0.3, -0.25) is 0 Å². The van der Waals surface area contributed by atoms with Crippen LogP contribution in [-0.2, 0) is 32.3 Å². The third-order valence-corrected chi connectivity index (χ3v) is 10.8. The van der Waals surface area contributed by atoms with Crippen LogP contribution in [0.5, 0.6) is 0 Å². The van der Waals surface area contributed by atoms with E-state index >= 15 is 0 Å². The van der Waals surface area contributed by atoms with Crippen molar-refractivity contribution in [2.75, 3.05) is 0 Å². The predicted octanol–water partition coefficient (Wildman–Crippen LogP) is 9.95. The van der Waals surface area contributed by atoms with Crippen LogP contribution in [0.3, 0.4) is 0 Å². The Hall–Kier alpha value is -1.21. The number of benzene rings is 2. The van der Waals surface area contributed by atoms with E-state index in [0.717, 1.165) is 62.5 Å². The molecule has 0 heterocycles. The van der Waals surface area contributed by atoms with Crippen molar-refractivity contribution < 1.29 is 39.5 Å². The number of hydrogen-bond donors (Lipinski definition) is 2. The van der Waals surface area contributed by atoms with E-state index in [1.165, 1.54) is 77.0 Å². The van der Waals surface area contributed by atoms with Gasteiger partial charge in [-0.1, -0.05) is 190 Å². The minimum atomic E-state index is -0.991. The van der Waals surface area contributed by atoms with Crippen LogP contribution >= 0.6 is 0 Å². The Morgan fingerprint density at radius 3 is 1.12 bits per heavy atom. The average Bonchev–Trinajstić information content (AvgIpc) is 3.21. The smallest absolute Gasteiger partial charge is 0.550 e. The van der Waals surface area contributed by atoms with Crippen molar-refractivity contribution in [3.63, 3.8) is 0 Å². The fourth-order valence-electron chi connectivity index (χ4n) is 7.27. The Bertz CT molecular complexity index is 1110. The summed E-state index contributed by atoms with van der Waals surface area (Å²) in [6.07, 6.45) is 26.7. The average molecular weight is 949 g/mol. The first-order valence-electron chi connectivity index (χ1n) is 23.3. The van der Waals surface area contributed by atoms with Crippen LogP contribution in [-0.4, -0.2) is 95.4 Å². The maximum absolute atomic E-state index is 10.5. The van der Waals surface area contributed by atoms with Crippen LogP contribution in [0.1, 0.15) is 205 Å². The van der Waals surface area contributed by atoms with Gasteiger partial charge in [-0.15, -0.1) is 0 Å². The van der Waals surface area contributed by atoms with Gasteiger partial charge in [0.2, 0.25) is 0 Å². The number of ether oxygens (including phenoxy) is 2. The number of carboxylic acid groups (broad SMARTS) is 2. The molecule has 2 aromatic rings. The van der Waals surface area contributed by atoms with Crippen molar-refractivity contribution in [1.29, 1.82) is 0 Å². The Labute approximate surface area is 400 Å². The Morgan fingerprint density at radius 1 is 0.475 bits per heavy atom. The van der Waals surface area contributed by atoms with E-state index in [1.54, 1.807) is 0 Å². The first-order valence-corrected chi connectivity index (χ1v) is 23.3. The van der Waals surface area contributed by atoms with E-state index < -0.39 is 11.9 Å². The minimum absolute atomic E-state index is 0. The molecular weight excluding hydrogens is 866 g/mol. The monoisotopic (exact) mass is 949 g/mol. The molecule has 59 heavy (non-hydrogen) atoms. The summed E-state index contributed by atoms with van der Waals surface area (Å²) in [5.41, 5.74) is 2.32. The van der Waals surface area contributed by atoms with E-state index in [2.05, 4.69) is 38.1 Å². The van der Waals surface area contributed by atoms with Gasteiger partial charge in [0.15, 0.2) is 0 Å². The zero-order valence-electron chi connectivity index (χ0n) is 37.3. The largest absolute Gasteiger partial charge is 2.00 e. The molecule has 4 unspecified atom stereocenters. The van der Waals surface area contributed by atoms with E-state index in [-0.39, 0.29) is 86.1 Å². The van der Waals surface area contributed by atoms with Crippen molar-refractivity contribution in [1.82, 2.24) is 0 Å². The first-order chi connectivity index (χ1) is 28.2. The van der Waals surface area contributed by atoms with Gasteiger partial charge in [-0.2, -0.15) is 0 Å². The number of unbranched alkanes of at least 4 members (excludes halogenated alkanes) is 16. The molecule has 0 saturated heterocycles. The maximum atomic E-state index is 10.5. The summed E-state index contributed by atoms with van der Waals surface area (Å²) in [4.78, 5) is 20.9. The summed E-state index contributed by atoms with van der Waals surface area (Å²) in [7, 11) is 0. The summed E-state index contributed by atoms with van der Waals surface area (Å²) >= 11 is 0. The molecule has 2 N–H and O–H groups in total. The van der Waals surface area contributed by atoms with Gasteiger partial charge < -0.3 is 39.5 Å². The van der Waals surface area contributed by atoms with Crippen LogP contribution in [0.4, 0.5) is 0 Å². The maximum Gasteiger partial charge on any atom is 2.00 e. The SMILES string of the molecule is CCCCCCCCCC(CC(O)CCCCCC(=O)[O-])OCc1ccccc1.CCCCCCCCCC(CC(O)CCCCCC(=O)[O-])OCc1ccccc1.[Ba+2]. The van der Waals surface area contributed by atoms with Gasteiger partial charge in [0.1, 0.15) is 0 Å². The molecule has 0 fully saturated rings. The molecule has 2 rings (SSSR count). The molecule has 0 saturated carbocycles. The molecule has 332 valence electrons. The van der Waals surface area contributed by atoms with Gasteiger partial charge in [0.05, 0.1) is 37.6 Å². The number of aliphatic hydroxyl groups is 2. The Morgan fingerprint density at radius 2 is 0.780 bits per heavy atom. The quantitative estimate of drug-likeness (QED) is 0.0501. The summed E-state index contributed by atoms with van der Waals surface area (Å²) in [6.45, 7) is 5.65. The van der Waals surface area contributed by atoms with Crippen molar-refractivity contribution in [3.8, 4) is 0 Å². The summed E-state index contributed by atoms with van der Waals surface area (Å²) in [6, 6.07) is 20.4. The molecule has 0 radical (unpaired) electrons. The molecular formula is C50H82BaO8. The summed E-state index contributed by atoms with van der Waals surface area (Å²) < 4.78 is 12.3. The molecule has 0 aliphatic rings. The van der Waals surface area contributed by atoms with Crippen LogP contribution in [0.25, 0.3) is 0 Å². The van der Waals surface area contributed by atoms with E-state index in [1.807, 2.05) is 36.4 Å². The van der Waals surface area contributed by atoms with Crippen LogP contribution in [0.15, 0.2) is 60.7 Å². The second-order valence-corrected chi connectivity index (χ2v) is 16.4. The Balaban J connectivity index is 0.00000112. The van der Waals surface area contributed by atoms with Crippen molar-refractivity contribution in [2.24, 2.45) is 0 Å². The number of carboxylic acids is 2. The topological polar surface area (TPSA) is 139 Å². The molecule has 0 bridgehead atoms. The van der Waals surface area contributed by atoms with Crippen LogP contribution < -0.4 is 10.2 Å². The molecule has 8 nitrogen and oxygen atoms in total. The third kappa shape index (κ3) is 38.2.